The highest BCUT2D eigenvalue weighted by Crippen LogP contribution is 2.24. The number of aliphatic carboxylic acids is 2. The van der Waals surface area contributed by atoms with E-state index in [1.807, 2.05) is 0 Å². The van der Waals surface area contributed by atoms with Gasteiger partial charge in [0.25, 0.3) is 5.97 Å². The number of hydrogen-bond donors (Lipinski definition) is 2. The second-order valence-electron chi connectivity index (χ2n) is 11.6. The third-order valence-electron chi connectivity index (χ3n) is 7.45. The number of hydrogen-bond acceptors (Lipinski definition) is 3. The molecule has 0 heterocycles. The zero-order valence-corrected chi connectivity index (χ0v) is 27.3. The van der Waals surface area contributed by atoms with Crippen molar-refractivity contribution >= 4 is 23.7 Å². The van der Waals surface area contributed by atoms with Crippen LogP contribution in [0.2, 0.25) is 0 Å². The largest absolute Gasteiger partial charge is 0.481 e. The molecule has 0 bridgehead atoms. The molecule has 0 amide bonds. The number of carboxylic acid groups (broad SMARTS) is 2. The molecule has 0 fully saturated rings. The molecule has 1 unspecified atom stereocenters. The first-order valence-electron chi connectivity index (χ1n) is 17.0. The number of carboxylic acids is 2. The van der Waals surface area contributed by atoms with E-state index < -0.39 is 11.9 Å². The number of thioether (sulfide) groups is 1. The molecule has 0 saturated carbocycles. The van der Waals surface area contributed by atoms with Gasteiger partial charge in [-0.15, -0.1) is 11.8 Å². The molecule has 0 saturated heterocycles. The van der Waals surface area contributed by atoms with Crippen LogP contribution < -0.4 is 0 Å². The quantitative estimate of drug-likeness (QED) is 0.0837. The van der Waals surface area contributed by atoms with Gasteiger partial charge in [-0.2, -0.15) is 0 Å². The summed E-state index contributed by atoms with van der Waals surface area (Å²) in [6, 6.07) is 0. The molecule has 2 N–H and O–H groups in total. The van der Waals surface area contributed by atoms with Crippen molar-refractivity contribution in [1.29, 1.82) is 0 Å². The van der Waals surface area contributed by atoms with Crippen molar-refractivity contribution in [2.45, 2.75) is 199 Å². The van der Waals surface area contributed by atoms with Crippen LogP contribution >= 0.6 is 11.8 Å². The Kier molecular flexibility index (Phi) is 36.6. The zero-order valence-electron chi connectivity index (χ0n) is 26.5. The maximum atomic E-state index is 10.9. The maximum Gasteiger partial charge on any atom is 0.313 e. The van der Waals surface area contributed by atoms with E-state index in [4.69, 9.17) is 15.0 Å². The third kappa shape index (κ3) is 41.9. The standard InChI is InChI=1S/C32H64O2S.C2H4O2/c1-3-5-7-9-10-11-12-13-14-15-16-17-18-19-20-21-22-23-24-25-27-29-31(35-30-32(33)34)28-26-8-6-4-2;1-2(3)4/h31H,3-30H2,1-2H3,(H,33,34);1H3,(H,3,4). The molecule has 0 aliphatic carbocycles. The van der Waals surface area contributed by atoms with Crippen molar-refractivity contribution in [1.82, 2.24) is 0 Å². The van der Waals surface area contributed by atoms with Crippen molar-refractivity contribution in [3.05, 3.63) is 0 Å². The van der Waals surface area contributed by atoms with Gasteiger partial charge < -0.3 is 10.2 Å². The maximum absolute atomic E-state index is 10.9. The number of carbonyl (C=O) groups is 2. The average Bonchev–Trinajstić information content (AvgIpc) is 2.89. The summed E-state index contributed by atoms with van der Waals surface area (Å²) in [5, 5.41) is 17.0. The first-order chi connectivity index (χ1) is 18.9. The second kappa shape index (κ2) is 35.3. The van der Waals surface area contributed by atoms with Gasteiger partial charge in [0.15, 0.2) is 0 Å². The molecule has 0 aromatic rings. The van der Waals surface area contributed by atoms with Crippen LogP contribution in [0.1, 0.15) is 194 Å². The molecular weight excluding hydrogens is 504 g/mol. The highest BCUT2D eigenvalue weighted by molar-refractivity contribution is 8.00. The summed E-state index contributed by atoms with van der Waals surface area (Å²) in [6.07, 6.45) is 37.5. The molecule has 1 atom stereocenters. The lowest BCUT2D eigenvalue weighted by molar-refractivity contribution is -0.135. The Balaban J connectivity index is 0. The monoisotopic (exact) mass is 572 g/mol. The fraction of sp³-hybridized carbons (Fsp3) is 0.941. The van der Waals surface area contributed by atoms with Crippen LogP contribution in [0.15, 0.2) is 0 Å². The van der Waals surface area contributed by atoms with Gasteiger partial charge in [-0.1, -0.05) is 174 Å². The summed E-state index contributed by atoms with van der Waals surface area (Å²) < 4.78 is 0. The number of unbranched alkanes of at least 4 members (excludes halogenated alkanes) is 23. The van der Waals surface area contributed by atoms with Crippen molar-refractivity contribution in [2.24, 2.45) is 0 Å². The molecule has 0 radical (unpaired) electrons. The lowest BCUT2D eigenvalue weighted by atomic mass is 10.0. The topological polar surface area (TPSA) is 74.6 Å². The Morgan fingerprint density at radius 1 is 0.487 bits per heavy atom. The van der Waals surface area contributed by atoms with Gasteiger partial charge in [0.1, 0.15) is 0 Å². The van der Waals surface area contributed by atoms with E-state index >= 15 is 0 Å². The Bertz CT molecular complexity index is 494. The first-order valence-corrected chi connectivity index (χ1v) is 18.0. The third-order valence-corrected chi connectivity index (χ3v) is 8.81. The second-order valence-corrected chi connectivity index (χ2v) is 12.8. The molecule has 5 heteroatoms. The smallest absolute Gasteiger partial charge is 0.313 e. The van der Waals surface area contributed by atoms with E-state index in [0.29, 0.717) is 5.25 Å². The van der Waals surface area contributed by atoms with E-state index in [0.717, 1.165) is 6.92 Å². The van der Waals surface area contributed by atoms with E-state index in [-0.39, 0.29) is 5.75 Å². The summed E-state index contributed by atoms with van der Waals surface area (Å²) in [7, 11) is 0. The fourth-order valence-electron chi connectivity index (χ4n) is 5.10. The van der Waals surface area contributed by atoms with Gasteiger partial charge >= 0.3 is 5.97 Å². The van der Waals surface area contributed by atoms with Gasteiger partial charge in [-0.3, -0.25) is 9.59 Å². The van der Waals surface area contributed by atoms with E-state index in [1.54, 1.807) is 11.8 Å². The normalized spacial score (nSPS) is 11.7. The van der Waals surface area contributed by atoms with Gasteiger partial charge in [-0.05, 0) is 12.8 Å². The molecule has 0 rings (SSSR count). The van der Waals surface area contributed by atoms with E-state index in [2.05, 4.69) is 13.8 Å². The molecule has 39 heavy (non-hydrogen) atoms. The SMILES string of the molecule is CC(=O)O.CCCCCCCCCCCCCCCCCCCCCCCC(CCCCCC)SCC(=O)O. The van der Waals surface area contributed by atoms with Gasteiger partial charge in [-0.25, -0.2) is 0 Å². The lowest BCUT2D eigenvalue weighted by Crippen LogP contribution is -2.08. The Morgan fingerprint density at radius 2 is 0.718 bits per heavy atom. The van der Waals surface area contributed by atoms with Crippen molar-refractivity contribution in [3.63, 3.8) is 0 Å². The minimum atomic E-state index is -0.833. The predicted octanol–water partition coefficient (Wildman–Crippen LogP) is 11.8. The van der Waals surface area contributed by atoms with Gasteiger partial charge in [0, 0.05) is 12.2 Å². The number of rotatable bonds is 30. The summed E-state index contributed by atoms with van der Waals surface area (Å²) >= 11 is 1.68. The molecule has 0 aliphatic rings. The van der Waals surface area contributed by atoms with Crippen LogP contribution in [0.5, 0.6) is 0 Å². The highest BCUT2D eigenvalue weighted by Gasteiger charge is 2.11. The van der Waals surface area contributed by atoms with Crippen LogP contribution in [-0.4, -0.2) is 33.2 Å². The van der Waals surface area contributed by atoms with Crippen LogP contribution in [0.25, 0.3) is 0 Å². The van der Waals surface area contributed by atoms with Gasteiger partial charge in [0.2, 0.25) is 0 Å². The minimum absolute atomic E-state index is 0.275. The fourth-order valence-corrected chi connectivity index (χ4v) is 6.15. The molecule has 0 aromatic heterocycles. The molecule has 0 aromatic carbocycles. The van der Waals surface area contributed by atoms with E-state index in [1.165, 1.54) is 173 Å². The molecule has 0 spiro atoms. The first kappa shape index (κ1) is 40.4. The average molecular weight is 573 g/mol. The lowest BCUT2D eigenvalue weighted by Gasteiger charge is -2.15. The Hall–Kier alpha value is -0.710. The zero-order chi connectivity index (χ0) is 29.2. The molecule has 234 valence electrons. The molecular formula is C34H68O4S. The summed E-state index contributed by atoms with van der Waals surface area (Å²) in [5.41, 5.74) is 0. The Morgan fingerprint density at radius 3 is 0.974 bits per heavy atom. The summed E-state index contributed by atoms with van der Waals surface area (Å²) in [5.74, 6) is -1.22. The van der Waals surface area contributed by atoms with Crippen LogP contribution in [-0.2, 0) is 9.59 Å². The summed E-state index contributed by atoms with van der Waals surface area (Å²) in [4.78, 5) is 19.9. The molecule has 0 aliphatic heterocycles. The predicted molar refractivity (Wildman–Crippen MR) is 173 cm³/mol. The van der Waals surface area contributed by atoms with Gasteiger partial charge in [0.05, 0.1) is 5.75 Å². The van der Waals surface area contributed by atoms with E-state index in [9.17, 15) is 4.79 Å². The summed E-state index contributed by atoms with van der Waals surface area (Å²) in [6.45, 7) is 5.63. The van der Waals surface area contributed by atoms with Crippen LogP contribution in [0.4, 0.5) is 0 Å². The minimum Gasteiger partial charge on any atom is -0.481 e. The van der Waals surface area contributed by atoms with Crippen LogP contribution in [0, 0.1) is 0 Å². The molecule has 4 nitrogen and oxygen atoms in total. The van der Waals surface area contributed by atoms with Crippen molar-refractivity contribution < 1.29 is 19.8 Å². The van der Waals surface area contributed by atoms with Crippen molar-refractivity contribution in [3.8, 4) is 0 Å². The van der Waals surface area contributed by atoms with Crippen molar-refractivity contribution in [2.75, 3.05) is 5.75 Å². The highest BCUT2D eigenvalue weighted by atomic mass is 32.2. The van der Waals surface area contributed by atoms with Crippen LogP contribution in [0.3, 0.4) is 0 Å². The Labute approximate surface area is 248 Å².